The standard InChI is InChI=1S/C26H29FN2O3S/c27-22-11-13-23(14-12-22)33(31,32)28-15-1-2-16-29-24(17-28)26(25(29)18-30)21-9-7-20(8-10-21)6-5-19-3-4-19/h7-14,19,24-26,30H,1-4,15-18H2/t24-,25+,26+/m0/s1. The molecule has 2 heterocycles. The zero-order valence-electron chi connectivity index (χ0n) is 18.5. The summed E-state index contributed by atoms with van der Waals surface area (Å²) >= 11 is 0. The van der Waals surface area contributed by atoms with Crippen molar-refractivity contribution < 1.29 is 17.9 Å². The highest BCUT2D eigenvalue weighted by atomic mass is 32.2. The van der Waals surface area contributed by atoms with Gasteiger partial charge in [0.1, 0.15) is 5.82 Å². The van der Waals surface area contributed by atoms with Gasteiger partial charge >= 0.3 is 0 Å². The van der Waals surface area contributed by atoms with Crippen molar-refractivity contribution in [3.8, 4) is 11.8 Å². The highest BCUT2D eigenvalue weighted by Crippen LogP contribution is 2.42. The molecule has 174 valence electrons. The van der Waals surface area contributed by atoms with Crippen molar-refractivity contribution in [1.82, 2.24) is 9.21 Å². The Kier molecular flexibility index (Phi) is 6.28. The van der Waals surface area contributed by atoms with E-state index in [1.807, 2.05) is 12.1 Å². The first-order chi connectivity index (χ1) is 16.0. The number of fused-ring (bicyclic) bond motifs is 1. The minimum Gasteiger partial charge on any atom is -0.395 e. The first-order valence-electron chi connectivity index (χ1n) is 11.7. The topological polar surface area (TPSA) is 60.9 Å². The molecule has 1 saturated carbocycles. The molecule has 2 aliphatic heterocycles. The van der Waals surface area contributed by atoms with Crippen molar-refractivity contribution in [1.29, 1.82) is 0 Å². The van der Waals surface area contributed by atoms with E-state index in [0.717, 1.165) is 30.5 Å². The van der Waals surface area contributed by atoms with Crippen LogP contribution >= 0.6 is 0 Å². The Hall–Kier alpha value is -2.24. The van der Waals surface area contributed by atoms with E-state index in [1.54, 1.807) is 0 Å². The van der Waals surface area contributed by atoms with E-state index in [2.05, 4.69) is 28.9 Å². The third-order valence-corrected chi connectivity index (χ3v) is 8.96. The van der Waals surface area contributed by atoms with Crippen LogP contribution in [0, 0.1) is 23.6 Å². The molecule has 3 atom stereocenters. The number of hydrogen-bond acceptors (Lipinski definition) is 4. The summed E-state index contributed by atoms with van der Waals surface area (Å²) in [5.41, 5.74) is 2.09. The van der Waals surface area contributed by atoms with E-state index in [-0.39, 0.29) is 29.5 Å². The fourth-order valence-corrected chi connectivity index (χ4v) is 6.58. The predicted octanol–water partition coefficient (Wildman–Crippen LogP) is 3.20. The quantitative estimate of drug-likeness (QED) is 0.700. The first-order valence-corrected chi connectivity index (χ1v) is 13.2. The van der Waals surface area contributed by atoms with E-state index in [9.17, 15) is 17.9 Å². The monoisotopic (exact) mass is 468 g/mol. The minimum atomic E-state index is -3.73. The van der Waals surface area contributed by atoms with Crippen LogP contribution in [0.1, 0.15) is 42.7 Å². The summed E-state index contributed by atoms with van der Waals surface area (Å²) in [4.78, 5) is 2.36. The lowest BCUT2D eigenvalue weighted by Crippen LogP contribution is -2.67. The van der Waals surface area contributed by atoms with Crippen LogP contribution in [0.25, 0.3) is 0 Å². The molecule has 1 N–H and O–H groups in total. The number of sulfonamides is 1. The Balaban J connectivity index is 1.39. The molecule has 0 aromatic heterocycles. The summed E-state index contributed by atoms with van der Waals surface area (Å²) in [6, 6.07) is 13.2. The van der Waals surface area contributed by atoms with Gasteiger partial charge in [0.2, 0.25) is 10.0 Å². The van der Waals surface area contributed by atoms with Crippen molar-refractivity contribution in [3.63, 3.8) is 0 Å². The molecule has 1 aliphatic carbocycles. The Morgan fingerprint density at radius 1 is 1.00 bits per heavy atom. The van der Waals surface area contributed by atoms with Crippen molar-refractivity contribution in [2.75, 3.05) is 26.2 Å². The summed E-state index contributed by atoms with van der Waals surface area (Å²) in [6.45, 7) is 1.68. The zero-order valence-corrected chi connectivity index (χ0v) is 19.3. The lowest BCUT2D eigenvalue weighted by atomic mass is 9.74. The number of hydrogen-bond donors (Lipinski definition) is 1. The SMILES string of the molecule is O=S(=O)(c1ccc(F)cc1)N1CCCCN2[C@H](CO)[C@H](c3ccc(C#CC4CC4)cc3)[C@@H]2C1. The van der Waals surface area contributed by atoms with Gasteiger partial charge in [-0.25, -0.2) is 12.8 Å². The summed E-state index contributed by atoms with van der Waals surface area (Å²) in [5, 5.41) is 10.1. The van der Waals surface area contributed by atoms with Crippen LogP contribution in [-0.4, -0.2) is 61.1 Å². The fraction of sp³-hybridized carbons (Fsp3) is 0.462. The van der Waals surface area contributed by atoms with Gasteiger partial charge in [0.05, 0.1) is 11.5 Å². The molecule has 3 aliphatic rings. The summed E-state index contributed by atoms with van der Waals surface area (Å²) < 4.78 is 41.5. The molecule has 33 heavy (non-hydrogen) atoms. The fourth-order valence-electron chi connectivity index (χ4n) is 5.08. The van der Waals surface area contributed by atoms with E-state index in [4.69, 9.17) is 0 Å². The van der Waals surface area contributed by atoms with Crippen LogP contribution in [0.15, 0.2) is 53.4 Å². The molecule has 2 aromatic rings. The molecule has 7 heteroatoms. The lowest BCUT2D eigenvalue weighted by Gasteiger charge is -2.57. The number of aliphatic hydroxyl groups excluding tert-OH is 1. The summed E-state index contributed by atoms with van der Waals surface area (Å²) in [7, 11) is -3.73. The highest BCUT2D eigenvalue weighted by molar-refractivity contribution is 7.89. The Bertz CT molecular complexity index is 1150. The van der Waals surface area contributed by atoms with E-state index >= 15 is 0 Å². The third kappa shape index (κ3) is 4.58. The maximum absolute atomic E-state index is 13.4. The average molecular weight is 469 g/mol. The first kappa shape index (κ1) is 22.5. The van der Waals surface area contributed by atoms with Gasteiger partial charge in [-0.15, -0.1) is 0 Å². The van der Waals surface area contributed by atoms with Crippen LogP contribution in [0.3, 0.4) is 0 Å². The Morgan fingerprint density at radius 2 is 1.70 bits per heavy atom. The molecule has 3 fully saturated rings. The highest BCUT2D eigenvalue weighted by Gasteiger charge is 2.50. The molecule has 0 spiro atoms. The van der Waals surface area contributed by atoms with E-state index in [1.165, 1.54) is 41.4 Å². The minimum absolute atomic E-state index is 0.0129. The predicted molar refractivity (Wildman–Crippen MR) is 125 cm³/mol. The normalized spacial score (nSPS) is 26.3. The van der Waals surface area contributed by atoms with Crippen LogP contribution in [0.5, 0.6) is 0 Å². The Labute approximate surface area is 195 Å². The second-order valence-electron chi connectivity index (χ2n) is 9.27. The number of nitrogens with zero attached hydrogens (tertiary/aromatic N) is 2. The number of halogens is 1. The van der Waals surface area contributed by atoms with Gasteiger partial charge < -0.3 is 5.11 Å². The van der Waals surface area contributed by atoms with Crippen LogP contribution in [-0.2, 0) is 10.0 Å². The van der Waals surface area contributed by atoms with Gasteiger partial charge in [-0.3, -0.25) is 4.90 Å². The zero-order chi connectivity index (χ0) is 23.0. The van der Waals surface area contributed by atoms with Gasteiger partial charge in [-0.2, -0.15) is 4.31 Å². The largest absolute Gasteiger partial charge is 0.395 e. The maximum atomic E-state index is 13.4. The van der Waals surface area contributed by atoms with Gasteiger partial charge in [0.25, 0.3) is 0 Å². The molecule has 5 nitrogen and oxygen atoms in total. The Morgan fingerprint density at radius 3 is 2.36 bits per heavy atom. The molecular weight excluding hydrogens is 439 g/mol. The smallest absolute Gasteiger partial charge is 0.243 e. The summed E-state index contributed by atoms with van der Waals surface area (Å²) in [6.07, 6.45) is 4.01. The van der Waals surface area contributed by atoms with Crippen molar-refractivity contribution in [2.24, 2.45) is 5.92 Å². The number of rotatable bonds is 4. The van der Waals surface area contributed by atoms with Crippen LogP contribution in [0.2, 0.25) is 0 Å². The second-order valence-corrected chi connectivity index (χ2v) is 11.2. The molecule has 0 unspecified atom stereocenters. The molecule has 5 rings (SSSR count). The lowest BCUT2D eigenvalue weighted by molar-refractivity contribution is -0.0553. The molecule has 0 radical (unpaired) electrons. The molecule has 0 amide bonds. The van der Waals surface area contributed by atoms with E-state index in [0.29, 0.717) is 19.0 Å². The molecule has 2 aromatic carbocycles. The van der Waals surface area contributed by atoms with Crippen LogP contribution in [0.4, 0.5) is 4.39 Å². The summed E-state index contributed by atoms with van der Waals surface area (Å²) in [5.74, 6) is 6.65. The van der Waals surface area contributed by atoms with Crippen LogP contribution < -0.4 is 0 Å². The second kappa shape index (κ2) is 9.19. The average Bonchev–Trinajstić information content (AvgIpc) is 3.62. The number of aliphatic hydroxyl groups is 1. The van der Waals surface area contributed by atoms with Crippen molar-refractivity contribution in [3.05, 3.63) is 65.5 Å². The van der Waals surface area contributed by atoms with Crippen molar-refractivity contribution in [2.45, 2.75) is 48.6 Å². The molecule has 0 bridgehead atoms. The molecular formula is C26H29FN2O3S. The van der Waals surface area contributed by atoms with Gasteiger partial charge in [0, 0.05) is 42.6 Å². The maximum Gasteiger partial charge on any atom is 0.243 e. The van der Waals surface area contributed by atoms with Gasteiger partial charge in [0.15, 0.2) is 0 Å². The van der Waals surface area contributed by atoms with Gasteiger partial charge in [-0.05, 0) is 74.2 Å². The molecule has 2 saturated heterocycles. The van der Waals surface area contributed by atoms with Gasteiger partial charge in [-0.1, -0.05) is 24.0 Å². The van der Waals surface area contributed by atoms with E-state index < -0.39 is 15.8 Å². The van der Waals surface area contributed by atoms with Crippen molar-refractivity contribution >= 4 is 10.0 Å². The third-order valence-electron chi connectivity index (χ3n) is 7.08. The number of benzene rings is 2.